The highest BCUT2D eigenvalue weighted by molar-refractivity contribution is 5.72. The van der Waals surface area contributed by atoms with Crippen LogP contribution in [0.15, 0.2) is 0 Å². The lowest BCUT2D eigenvalue weighted by molar-refractivity contribution is -0.798. The first kappa shape index (κ1) is 21.0. The van der Waals surface area contributed by atoms with Gasteiger partial charge in [0.15, 0.2) is 0 Å². The van der Waals surface area contributed by atoms with Gasteiger partial charge in [0.05, 0.1) is 33.5 Å². The van der Waals surface area contributed by atoms with E-state index in [2.05, 4.69) is 0 Å². The smallest absolute Gasteiger partial charge is 0.468 e. The Balaban J connectivity index is 5.93. The molecular formula is C9H15N5O10. The largest absolute Gasteiger partial charge is 0.480 e. The van der Waals surface area contributed by atoms with Gasteiger partial charge in [0.1, 0.15) is 19.1 Å². The van der Waals surface area contributed by atoms with Crippen LogP contribution in [0.1, 0.15) is 20.8 Å². The molecule has 0 aliphatic rings. The van der Waals surface area contributed by atoms with Crippen molar-refractivity contribution in [2.75, 3.05) is 13.1 Å². The van der Waals surface area contributed by atoms with Gasteiger partial charge in [-0.15, -0.1) is 0 Å². The van der Waals surface area contributed by atoms with E-state index in [1.165, 1.54) is 0 Å². The summed E-state index contributed by atoms with van der Waals surface area (Å²) in [6.45, 7) is -0.271. The third-order valence-corrected chi connectivity index (χ3v) is 3.48. The number of nitro groups is 4. The number of carbonyl (C=O) groups is 1. The number of carboxylic acids is 1. The van der Waals surface area contributed by atoms with Crippen LogP contribution in [0.2, 0.25) is 0 Å². The Morgan fingerprint density at radius 2 is 1.17 bits per heavy atom. The quantitative estimate of drug-likeness (QED) is 0.294. The van der Waals surface area contributed by atoms with Crippen LogP contribution in [0.3, 0.4) is 0 Å². The second-order valence-electron chi connectivity index (χ2n) is 5.38. The van der Waals surface area contributed by atoms with Gasteiger partial charge in [-0.1, -0.05) is 0 Å². The number of aliphatic carboxylic acids is 1. The molecule has 136 valence electrons. The highest BCUT2D eigenvalue weighted by atomic mass is 16.7. The predicted molar refractivity (Wildman–Crippen MR) is 73.5 cm³/mol. The second-order valence-corrected chi connectivity index (χ2v) is 5.38. The number of carboxylic acid groups (broad SMARTS) is 1. The van der Waals surface area contributed by atoms with Crippen molar-refractivity contribution >= 4 is 5.97 Å². The zero-order valence-corrected chi connectivity index (χ0v) is 12.8. The molecule has 15 nitrogen and oxygen atoms in total. The molecule has 1 N–H and O–H groups in total. The molecule has 0 saturated heterocycles. The summed E-state index contributed by atoms with van der Waals surface area (Å²) in [5, 5.41) is 52.8. The van der Waals surface area contributed by atoms with Gasteiger partial charge in [-0.05, 0) is 6.92 Å². The minimum atomic E-state index is -2.90. The van der Waals surface area contributed by atoms with Crippen molar-refractivity contribution in [1.29, 1.82) is 0 Å². The van der Waals surface area contributed by atoms with E-state index in [4.69, 9.17) is 5.11 Å². The first-order valence-electron chi connectivity index (χ1n) is 6.25. The fourth-order valence-corrected chi connectivity index (χ4v) is 1.62. The zero-order valence-electron chi connectivity index (χ0n) is 12.8. The van der Waals surface area contributed by atoms with Crippen molar-refractivity contribution < 1.29 is 29.6 Å². The topological polar surface area (TPSA) is 213 Å². The van der Waals surface area contributed by atoms with E-state index < -0.39 is 56.1 Å². The van der Waals surface area contributed by atoms with Crippen molar-refractivity contribution in [2.24, 2.45) is 0 Å². The SMILES string of the molecule is CC(C(=O)O)N(CC(C)([N+](=O)[O-])[N+](=O)[O-])CC(C)([N+](=O)[O-])[N+](=O)[O-]. The van der Waals surface area contributed by atoms with Crippen LogP contribution >= 0.6 is 0 Å². The highest BCUT2D eigenvalue weighted by Gasteiger charge is 2.58. The molecule has 0 amide bonds. The van der Waals surface area contributed by atoms with Gasteiger partial charge in [0, 0.05) is 0 Å². The van der Waals surface area contributed by atoms with Crippen molar-refractivity contribution in [2.45, 2.75) is 38.1 Å². The summed E-state index contributed by atoms with van der Waals surface area (Å²) in [6.07, 6.45) is 0. The van der Waals surface area contributed by atoms with E-state index in [1.54, 1.807) is 0 Å². The van der Waals surface area contributed by atoms with Gasteiger partial charge in [-0.2, -0.15) is 0 Å². The van der Waals surface area contributed by atoms with Crippen molar-refractivity contribution in [3.8, 4) is 0 Å². The van der Waals surface area contributed by atoms with Gasteiger partial charge < -0.3 is 5.11 Å². The van der Waals surface area contributed by atoms with Crippen LogP contribution in [0.5, 0.6) is 0 Å². The standard InChI is InChI=1S/C9H15N5O10/c1-6(7(15)16)10(4-8(2,11(17)18)12(19)20)5-9(3,13(21)22)14(23)24/h6H,4-5H2,1-3H3,(H,15,16). The maximum atomic E-state index is 11.1. The van der Waals surface area contributed by atoms with Crippen LogP contribution in [0, 0.1) is 40.5 Å². The Kier molecular flexibility index (Phi) is 6.20. The number of hydrogen-bond donors (Lipinski definition) is 1. The number of rotatable bonds is 10. The molecule has 0 radical (unpaired) electrons. The Morgan fingerprint density at radius 3 is 1.33 bits per heavy atom. The lowest BCUT2D eigenvalue weighted by Crippen LogP contribution is -2.61. The average Bonchev–Trinajstić information content (AvgIpc) is 2.44. The third-order valence-electron chi connectivity index (χ3n) is 3.48. The van der Waals surface area contributed by atoms with E-state index in [9.17, 15) is 45.3 Å². The molecular weight excluding hydrogens is 338 g/mol. The van der Waals surface area contributed by atoms with Crippen LogP contribution in [-0.2, 0) is 4.79 Å². The van der Waals surface area contributed by atoms with Crippen molar-refractivity contribution in [1.82, 2.24) is 4.90 Å². The first-order chi connectivity index (χ1) is 10.7. The van der Waals surface area contributed by atoms with E-state index in [0.717, 1.165) is 6.92 Å². The Bertz CT molecular complexity index is 509. The van der Waals surface area contributed by atoms with Gasteiger partial charge in [-0.25, -0.2) is 0 Å². The number of hydrogen-bond acceptors (Lipinski definition) is 10. The van der Waals surface area contributed by atoms with E-state index >= 15 is 0 Å². The van der Waals surface area contributed by atoms with Gasteiger partial charge in [0.25, 0.3) is 0 Å². The molecule has 15 heteroatoms. The summed E-state index contributed by atoms with van der Waals surface area (Å²) in [6, 6.07) is -1.68. The minimum absolute atomic E-state index is 0.458. The highest BCUT2D eigenvalue weighted by Crippen LogP contribution is 2.20. The van der Waals surface area contributed by atoms with Crippen LogP contribution in [0.25, 0.3) is 0 Å². The normalized spacial score (nSPS) is 13.3. The molecule has 0 aromatic carbocycles. The number of nitrogens with zero attached hydrogens (tertiary/aromatic N) is 5. The summed E-state index contributed by atoms with van der Waals surface area (Å²) >= 11 is 0. The molecule has 0 rings (SSSR count). The lowest BCUT2D eigenvalue weighted by Gasteiger charge is -2.28. The molecule has 0 heterocycles. The average molecular weight is 353 g/mol. The lowest BCUT2D eigenvalue weighted by atomic mass is 10.1. The summed E-state index contributed by atoms with van der Waals surface area (Å²) in [5.41, 5.74) is -5.81. The molecule has 1 unspecified atom stereocenters. The van der Waals surface area contributed by atoms with E-state index in [1.807, 2.05) is 0 Å². The summed E-state index contributed by atoms with van der Waals surface area (Å²) in [4.78, 5) is 50.1. The molecule has 0 bridgehead atoms. The summed E-state index contributed by atoms with van der Waals surface area (Å²) < 4.78 is 0. The monoisotopic (exact) mass is 353 g/mol. The molecule has 0 saturated carbocycles. The molecule has 0 spiro atoms. The summed E-state index contributed by atoms with van der Waals surface area (Å²) in [5.74, 6) is -1.61. The van der Waals surface area contributed by atoms with Crippen molar-refractivity contribution in [3.05, 3.63) is 40.5 Å². The molecule has 0 fully saturated rings. The van der Waals surface area contributed by atoms with Gasteiger partial charge >= 0.3 is 17.3 Å². The van der Waals surface area contributed by atoms with Gasteiger partial charge in [-0.3, -0.25) is 50.2 Å². The summed E-state index contributed by atoms with van der Waals surface area (Å²) in [7, 11) is 0. The fraction of sp³-hybridized carbons (Fsp3) is 0.889. The zero-order chi connectivity index (χ0) is 19.5. The third kappa shape index (κ3) is 4.06. The minimum Gasteiger partial charge on any atom is -0.480 e. The van der Waals surface area contributed by atoms with E-state index in [0.29, 0.717) is 18.7 Å². The molecule has 0 aromatic rings. The predicted octanol–water partition coefficient (Wildman–Crippen LogP) is -0.699. The molecule has 24 heavy (non-hydrogen) atoms. The van der Waals surface area contributed by atoms with E-state index in [-0.39, 0.29) is 0 Å². The van der Waals surface area contributed by atoms with Crippen LogP contribution in [-0.4, -0.2) is 66.1 Å². The van der Waals surface area contributed by atoms with Crippen molar-refractivity contribution in [3.63, 3.8) is 0 Å². The maximum Gasteiger partial charge on any atom is 0.468 e. The Hall–Kier alpha value is -2.97. The molecule has 1 atom stereocenters. The van der Waals surface area contributed by atoms with Gasteiger partial charge in [0.2, 0.25) is 0 Å². The Labute approximate surface area is 133 Å². The van der Waals surface area contributed by atoms with Crippen LogP contribution < -0.4 is 0 Å². The molecule has 0 aromatic heterocycles. The fourth-order valence-electron chi connectivity index (χ4n) is 1.62. The molecule has 0 aliphatic heterocycles. The first-order valence-corrected chi connectivity index (χ1v) is 6.25. The second kappa shape index (κ2) is 7.07. The molecule has 0 aliphatic carbocycles. The maximum absolute atomic E-state index is 11.1. The van der Waals surface area contributed by atoms with Crippen LogP contribution in [0.4, 0.5) is 0 Å². The Morgan fingerprint density at radius 1 is 0.917 bits per heavy atom.